The van der Waals surface area contributed by atoms with Crippen LogP contribution in [0.1, 0.15) is 39.2 Å². The second kappa shape index (κ2) is 4.35. The number of aryl methyl sites for hydroxylation is 1. The molecular formula is C17H15N3O2S. The first kappa shape index (κ1) is 13.1. The van der Waals surface area contributed by atoms with Crippen LogP contribution in [0.5, 0.6) is 0 Å². The first-order valence-corrected chi connectivity index (χ1v) is 8.67. The standard InChI is InChI=1S/C17H15N3O2S/c21-14-13-9-5-1-4-8-12(9)23-15(13)20-17(19-14)10-6-2-3-7-11(10)18-16(17)22/h2-3,6-7,20H,1,4-5,8H2,(H,18,22)(H,19,21)/t17-/m0/s1. The van der Waals surface area contributed by atoms with E-state index < -0.39 is 5.66 Å². The van der Waals surface area contributed by atoms with E-state index in [-0.39, 0.29) is 11.8 Å². The maximum atomic E-state index is 12.8. The second-order valence-electron chi connectivity index (χ2n) is 6.24. The molecular weight excluding hydrogens is 310 g/mol. The Hall–Kier alpha value is -2.34. The molecule has 3 heterocycles. The minimum Gasteiger partial charge on any atom is -0.342 e. The number of carbonyl (C=O) groups is 2. The van der Waals surface area contributed by atoms with Crippen LogP contribution in [0.25, 0.3) is 0 Å². The van der Waals surface area contributed by atoms with Gasteiger partial charge in [-0.1, -0.05) is 18.2 Å². The fraction of sp³-hybridized carbons (Fsp3) is 0.294. The van der Waals surface area contributed by atoms with Crippen molar-refractivity contribution < 1.29 is 9.59 Å². The van der Waals surface area contributed by atoms with Gasteiger partial charge in [0.15, 0.2) is 0 Å². The lowest BCUT2D eigenvalue weighted by Gasteiger charge is -2.34. The summed E-state index contributed by atoms with van der Waals surface area (Å²) in [5.74, 6) is -0.380. The molecule has 0 saturated carbocycles. The lowest BCUT2D eigenvalue weighted by molar-refractivity contribution is -0.120. The van der Waals surface area contributed by atoms with Crippen LogP contribution in [0, 0.1) is 0 Å². The van der Waals surface area contributed by atoms with Crippen LogP contribution < -0.4 is 16.0 Å². The zero-order valence-corrected chi connectivity index (χ0v) is 13.2. The average molecular weight is 325 g/mol. The Labute approximate surface area is 137 Å². The van der Waals surface area contributed by atoms with Crippen LogP contribution in [-0.4, -0.2) is 11.8 Å². The van der Waals surface area contributed by atoms with E-state index >= 15 is 0 Å². The van der Waals surface area contributed by atoms with Crippen molar-refractivity contribution in [2.75, 3.05) is 10.6 Å². The van der Waals surface area contributed by atoms with Crippen molar-refractivity contribution in [1.29, 1.82) is 0 Å². The Bertz CT molecular complexity index is 873. The van der Waals surface area contributed by atoms with Gasteiger partial charge in [-0.25, -0.2) is 0 Å². The Balaban J connectivity index is 1.68. The van der Waals surface area contributed by atoms with Crippen LogP contribution in [0.4, 0.5) is 10.7 Å². The summed E-state index contributed by atoms with van der Waals surface area (Å²) in [5.41, 5.74) is 2.24. The molecule has 3 N–H and O–H groups in total. The van der Waals surface area contributed by atoms with Crippen molar-refractivity contribution in [2.45, 2.75) is 31.3 Å². The Morgan fingerprint density at radius 2 is 1.87 bits per heavy atom. The van der Waals surface area contributed by atoms with Crippen LogP contribution >= 0.6 is 11.3 Å². The molecule has 1 spiro atoms. The topological polar surface area (TPSA) is 70.2 Å². The largest absolute Gasteiger partial charge is 0.342 e. The zero-order chi connectivity index (χ0) is 15.6. The molecule has 2 amide bonds. The van der Waals surface area contributed by atoms with Crippen LogP contribution in [0.2, 0.25) is 0 Å². The van der Waals surface area contributed by atoms with E-state index in [0.29, 0.717) is 0 Å². The van der Waals surface area contributed by atoms with Crippen molar-refractivity contribution in [3.8, 4) is 0 Å². The van der Waals surface area contributed by atoms with E-state index in [2.05, 4.69) is 16.0 Å². The van der Waals surface area contributed by atoms with Gasteiger partial charge in [-0.2, -0.15) is 0 Å². The summed E-state index contributed by atoms with van der Waals surface area (Å²) in [6.07, 6.45) is 4.27. The highest BCUT2D eigenvalue weighted by Gasteiger charge is 2.52. The average Bonchev–Trinajstić information content (AvgIpc) is 3.04. The number of nitrogens with one attached hydrogen (secondary N) is 3. The van der Waals surface area contributed by atoms with Crippen LogP contribution in [0.15, 0.2) is 24.3 Å². The highest BCUT2D eigenvalue weighted by molar-refractivity contribution is 7.16. The second-order valence-corrected chi connectivity index (χ2v) is 7.35. The molecule has 5 rings (SSSR count). The number of rotatable bonds is 0. The van der Waals surface area contributed by atoms with Crippen molar-refractivity contribution >= 4 is 33.8 Å². The third-order valence-electron chi connectivity index (χ3n) is 4.92. The van der Waals surface area contributed by atoms with E-state index in [1.807, 2.05) is 24.3 Å². The van der Waals surface area contributed by atoms with Crippen molar-refractivity contribution in [1.82, 2.24) is 5.32 Å². The summed E-state index contributed by atoms with van der Waals surface area (Å²) >= 11 is 1.63. The third-order valence-corrected chi connectivity index (χ3v) is 6.13. The van der Waals surface area contributed by atoms with Crippen LogP contribution in [-0.2, 0) is 23.3 Å². The van der Waals surface area contributed by atoms with Gasteiger partial charge in [0, 0.05) is 16.1 Å². The molecule has 6 heteroatoms. The van der Waals surface area contributed by atoms with Crippen molar-refractivity contribution in [3.05, 3.63) is 45.8 Å². The Kier molecular flexibility index (Phi) is 2.48. The fourth-order valence-corrected chi connectivity index (χ4v) is 5.18. The van der Waals surface area contributed by atoms with Gasteiger partial charge in [0.05, 0.1) is 5.56 Å². The maximum Gasteiger partial charge on any atom is 0.275 e. The fourth-order valence-electron chi connectivity index (χ4n) is 3.83. The van der Waals surface area contributed by atoms with Gasteiger partial charge in [-0.15, -0.1) is 11.3 Å². The maximum absolute atomic E-state index is 12.8. The van der Waals surface area contributed by atoms with Gasteiger partial charge in [0.25, 0.3) is 11.8 Å². The Morgan fingerprint density at radius 1 is 1.04 bits per heavy atom. The molecule has 3 aliphatic rings. The van der Waals surface area contributed by atoms with E-state index in [4.69, 9.17) is 0 Å². The van der Waals surface area contributed by atoms with Gasteiger partial charge in [0.2, 0.25) is 5.66 Å². The highest BCUT2D eigenvalue weighted by Crippen LogP contribution is 2.45. The summed E-state index contributed by atoms with van der Waals surface area (Å²) in [7, 11) is 0. The Morgan fingerprint density at radius 3 is 2.78 bits per heavy atom. The predicted octanol–water partition coefficient (Wildman–Crippen LogP) is 2.59. The third kappa shape index (κ3) is 1.61. The number of anilines is 2. The molecule has 1 atom stereocenters. The predicted molar refractivity (Wildman–Crippen MR) is 88.8 cm³/mol. The van der Waals surface area contributed by atoms with Gasteiger partial charge < -0.3 is 16.0 Å². The van der Waals surface area contributed by atoms with Gasteiger partial charge in [0.1, 0.15) is 5.00 Å². The van der Waals surface area contributed by atoms with E-state index in [1.54, 1.807) is 11.3 Å². The number of hydrogen-bond donors (Lipinski definition) is 3. The van der Waals surface area contributed by atoms with Gasteiger partial charge in [-0.3, -0.25) is 9.59 Å². The number of hydrogen-bond acceptors (Lipinski definition) is 4. The SMILES string of the molecule is O=C1N[C@@]2(Nc3sc4c(c31)CCCC4)C(=O)Nc1ccccc12. The summed E-state index contributed by atoms with van der Waals surface area (Å²) < 4.78 is 0. The number of carbonyl (C=O) groups excluding carboxylic acids is 2. The first-order valence-electron chi connectivity index (χ1n) is 7.85. The molecule has 2 aromatic rings. The minimum absolute atomic E-state index is 0.148. The smallest absolute Gasteiger partial charge is 0.275 e. The quantitative estimate of drug-likeness (QED) is 0.697. The summed E-state index contributed by atoms with van der Waals surface area (Å²) in [6.45, 7) is 0. The molecule has 1 aromatic heterocycles. The van der Waals surface area contributed by atoms with Gasteiger partial charge >= 0.3 is 0 Å². The number of amides is 2. The minimum atomic E-state index is -1.19. The normalized spacial score (nSPS) is 24.3. The molecule has 116 valence electrons. The molecule has 1 aromatic carbocycles. The number of thiophene rings is 1. The molecule has 0 unspecified atom stereocenters. The van der Waals surface area contributed by atoms with E-state index in [9.17, 15) is 9.59 Å². The molecule has 0 bridgehead atoms. The molecule has 0 saturated heterocycles. The highest BCUT2D eigenvalue weighted by atomic mass is 32.1. The molecule has 0 fully saturated rings. The molecule has 23 heavy (non-hydrogen) atoms. The molecule has 2 aliphatic heterocycles. The van der Waals surface area contributed by atoms with Crippen LogP contribution in [0.3, 0.4) is 0 Å². The zero-order valence-electron chi connectivity index (χ0n) is 12.4. The number of fused-ring (bicyclic) bond motifs is 5. The lowest BCUT2D eigenvalue weighted by atomic mass is 9.92. The van der Waals surface area contributed by atoms with Crippen molar-refractivity contribution in [3.63, 3.8) is 0 Å². The summed E-state index contributed by atoms with van der Waals surface area (Å²) in [6, 6.07) is 7.48. The van der Waals surface area contributed by atoms with Gasteiger partial charge in [-0.05, 0) is 37.3 Å². The monoisotopic (exact) mass is 325 g/mol. The summed E-state index contributed by atoms with van der Waals surface area (Å²) in [4.78, 5) is 26.7. The molecule has 1 aliphatic carbocycles. The lowest BCUT2D eigenvalue weighted by Crippen LogP contribution is -2.58. The number of benzene rings is 1. The van der Waals surface area contributed by atoms with E-state index in [0.717, 1.165) is 41.1 Å². The molecule has 0 radical (unpaired) electrons. The number of para-hydroxylation sites is 1. The molecule has 5 nitrogen and oxygen atoms in total. The summed E-state index contributed by atoms with van der Waals surface area (Å²) in [5, 5.41) is 9.96. The van der Waals surface area contributed by atoms with Crippen molar-refractivity contribution in [2.24, 2.45) is 0 Å². The first-order chi connectivity index (χ1) is 11.2. The van der Waals surface area contributed by atoms with E-state index in [1.165, 1.54) is 16.9 Å².